The van der Waals surface area contributed by atoms with Crippen molar-refractivity contribution in [2.45, 2.75) is 6.54 Å². The lowest BCUT2D eigenvalue weighted by Gasteiger charge is -2.09. The fraction of sp³-hybridized carbons (Fsp3) is 0.0556. The summed E-state index contributed by atoms with van der Waals surface area (Å²) in [5.74, 6) is 1.11. The minimum absolute atomic E-state index is 0.0908. The summed E-state index contributed by atoms with van der Waals surface area (Å²) < 4.78 is 1.78. The number of rotatable bonds is 3. The Labute approximate surface area is 167 Å². The molecule has 0 unspecified atom stereocenters. The summed E-state index contributed by atoms with van der Waals surface area (Å²) >= 11 is 12.5. The summed E-state index contributed by atoms with van der Waals surface area (Å²) in [6.07, 6.45) is 4.62. The maximum Gasteiger partial charge on any atom is 0.176 e. The topological polar surface area (TPSA) is 112 Å². The number of pyridine rings is 1. The highest BCUT2D eigenvalue weighted by Crippen LogP contribution is 2.25. The van der Waals surface area contributed by atoms with Gasteiger partial charge in [0.25, 0.3) is 0 Å². The van der Waals surface area contributed by atoms with Gasteiger partial charge in [-0.05, 0) is 12.1 Å². The number of nitrogens with zero attached hydrogens (tertiary/aromatic N) is 5. The average Bonchev–Trinajstić information content (AvgIpc) is 3.31. The molecule has 0 aliphatic heterocycles. The van der Waals surface area contributed by atoms with Gasteiger partial charge in [0.2, 0.25) is 0 Å². The van der Waals surface area contributed by atoms with Gasteiger partial charge in [-0.1, -0.05) is 35.3 Å². The minimum atomic E-state index is 0.0908. The number of para-hydroxylation sites is 2. The number of aromatic amines is 2. The van der Waals surface area contributed by atoms with Crippen LogP contribution in [-0.4, -0.2) is 34.5 Å². The van der Waals surface area contributed by atoms with Crippen LogP contribution in [0.5, 0.6) is 0 Å². The van der Waals surface area contributed by atoms with Crippen molar-refractivity contribution in [1.29, 1.82) is 5.41 Å². The number of aromatic nitrogens is 7. The van der Waals surface area contributed by atoms with Crippen molar-refractivity contribution < 1.29 is 0 Å². The third kappa shape index (κ3) is 2.74. The van der Waals surface area contributed by atoms with E-state index in [9.17, 15) is 0 Å². The van der Waals surface area contributed by atoms with Crippen molar-refractivity contribution in [3.63, 3.8) is 0 Å². The monoisotopic (exact) mass is 410 g/mol. The Bertz CT molecular complexity index is 1340. The van der Waals surface area contributed by atoms with Gasteiger partial charge in [0, 0.05) is 18.0 Å². The summed E-state index contributed by atoms with van der Waals surface area (Å²) in [5.41, 5.74) is 3.60. The molecular weight excluding hydrogens is 399 g/mol. The van der Waals surface area contributed by atoms with Gasteiger partial charge in [0.05, 0.1) is 34.0 Å². The largest absolute Gasteiger partial charge is 0.335 e. The number of imidazole rings is 2. The molecule has 0 radical (unpaired) electrons. The molecule has 1 aromatic carbocycles. The molecule has 0 fully saturated rings. The Morgan fingerprint density at radius 2 is 1.75 bits per heavy atom. The molecule has 28 heavy (non-hydrogen) atoms. The van der Waals surface area contributed by atoms with Crippen LogP contribution in [0.4, 0.5) is 0 Å². The van der Waals surface area contributed by atoms with Gasteiger partial charge in [-0.15, -0.1) is 0 Å². The number of halogens is 2. The summed E-state index contributed by atoms with van der Waals surface area (Å²) in [4.78, 5) is 23.7. The van der Waals surface area contributed by atoms with Crippen molar-refractivity contribution in [2.24, 2.45) is 0 Å². The molecule has 0 atom stereocenters. The third-order valence-electron chi connectivity index (χ3n) is 4.41. The van der Waals surface area contributed by atoms with E-state index in [1.54, 1.807) is 10.9 Å². The first-order chi connectivity index (χ1) is 13.6. The van der Waals surface area contributed by atoms with Gasteiger partial charge < -0.3 is 14.5 Å². The van der Waals surface area contributed by atoms with Gasteiger partial charge >= 0.3 is 0 Å². The van der Waals surface area contributed by atoms with Crippen LogP contribution in [0.3, 0.4) is 0 Å². The third-order valence-corrected chi connectivity index (χ3v) is 5.07. The molecular formula is C18H12Cl2N8. The molecule has 0 amide bonds. The maximum atomic E-state index is 8.12. The Balaban J connectivity index is 1.66. The van der Waals surface area contributed by atoms with Gasteiger partial charge in [-0.3, -0.25) is 10.4 Å². The molecule has 0 saturated heterocycles. The van der Waals surface area contributed by atoms with Crippen molar-refractivity contribution in [1.82, 2.24) is 34.5 Å². The number of fused-ring (bicyclic) bond motifs is 2. The van der Waals surface area contributed by atoms with E-state index in [1.165, 1.54) is 12.4 Å². The van der Waals surface area contributed by atoms with Crippen molar-refractivity contribution in [2.75, 3.05) is 0 Å². The van der Waals surface area contributed by atoms with E-state index >= 15 is 0 Å². The highest BCUT2D eigenvalue weighted by Gasteiger charge is 2.15. The van der Waals surface area contributed by atoms with Crippen molar-refractivity contribution in [3.8, 4) is 11.6 Å². The Morgan fingerprint density at radius 3 is 2.54 bits per heavy atom. The second-order valence-electron chi connectivity index (χ2n) is 6.19. The summed E-state index contributed by atoms with van der Waals surface area (Å²) in [6, 6.07) is 7.72. The van der Waals surface area contributed by atoms with E-state index in [1.807, 2.05) is 24.3 Å². The molecule has 5 aromatic rings. The van der Waals surface area contributed by atoms with E-state index in [4.69, 9.17) is 28.6 Å². The summed E-state index contributed by atoms with van der Waals surface area (Å²) in [7, 11) is 0. The first-order valence-corrected chi connectivity index (χ1v) is 9.08. The van der Waals surface area contributed by atoms with Gasteiger partial charge in [-0.2, -0.15) is 0 Å². The van der Waals surface area contributed by atoms with Crippen LogP contribution >= 0.6 is 23.2 Å². The number of hydrogen-bond acceptors (Lipinski definition) is 5. The maximum absolute atomic E-state index is 8.12. The van der Waals surface area contributed by atoms with Crippen LogP contribution in [0.25, 0.3) is 33.8 Å². The number of nitrogens with one attached hydrogen (secondary N) is 3. The molecule has 138 valence electrons. The lowest BCUT2D eigenvalue weighted by atomic mass is 10.2. The normalized spacial score (nSPS) is 11.5. The molecule has 0 bridgehead atoms. The van der Waals surface area contributed by atoms with E-state index in [0.717, 1.165) is 11.0 Å². The predicted octanol–water partition coefficient (Wildman–Crippen LogP) is 3.53. The molecule has 5 rings (SSSR count). The van der Waals surface area contributed by atoms with Gasteiger partial charge in [0.15, 0.2) is 22.8 Å². The van der Waals surface area contributed by atoms with E-state index in [0.29, 0.717) is 45.0 Å². The van der Waals surface area contributed by atoms with Crippen LogP contribution in [0.15, 0.2) is 43.0 Å². The molecule has 0 saturated carbocycles. The quantitative estimate of drug-likeness (QED) is 0.422. The zero-order chi connectivity index (χ0) is 19.3. The number of hydrogen-bond donors (Lipinski definition) is 3. The SMILES string of the molecule is N=c1ncn(Cc2c(Cl)cncc2Cl)c2nc(-c3nc4ccccc4[nH]3)[nH]c12. The standard InChI is InChI=1S/C18H12Cl2N8/c19-10-5-22-6-11(20)9(10)7-28-8-23-15(21)14-18(28)27-17(26-14)16-24-12-3-1-2-4-13(12)25-16/h1-6,8,21H,7H2,(H,24,25)(H,26,27). The van der Waals surface area contributed by atoms with Crippen molar-refractivity contribution in [3.05, 3.63) is 64.1 Å². The van der Waals surface area contributed by atoms with E-state index < -0.39 is 0 Å². The van der Waals surface area contributed by atoms with Crippen LogP contribution in [-0.2, 0) is 6.54 Å². The molecule has 0 aliphatic carbocycles. The Hall–Kier alpha value is -3.23. The summed E-state index contributed by atoms with van der Waals surface area (Å²) in [6.45, 7) is 0.342. The second-order valence-corrected chi connectivity index (χ2v) is 7.00. The minimum Gasteiger partial charge on any atom is -0.335 e. The van der Waals surface area contributed by atoms with Crippen LogP contribution in [0, 0.1) is 5.41 Å². The average molecular weight is 411 g/mol. The molecule has 10 heteroatoms. The fourth-order valence-electron chi connectivity index (χ4n) is 3.04. The number of benzene rings is 1. The van der Waals surface area contributed by atoms with E-state index in [-0.39, 0.29) is 5.49 Å². The second kappa shape index (κ2) is 6.43. The molecule has 8 nitrogen and oxygen atoms in total. The first kappa shape index (κ1) is 16.9. The lowest BCUT2D eigenvalue weighted by Crippen LogP contribution is -2.13. The van der Waals surface area contributed by atoms with Crippen LogP contribution < -0.4 is 5.49 Å². The highest BCUT2D eigenvalue weighted by molar-refractivity contribution is 6.35. The smallest absolute Gasteiger partial charge is 0.176 e. The highest BCUT2D eigenvalue weighted by atomic mass is 35.5. The number of H-pyrrole nitrogens is 2. The van der Waals surface area contributed by atoms with Crippen LogP contribution in [0.1, 0.15) is 5.56 Å². The van der Waals surface area contributed by atoms with Crippen LogP contribution in [0.2, 0.25) is 10.0 Å². The van der Waals surface area contributed by atoms with Gasteiger partial charge in [-0.25, -0.2) is 15.0 Å². The molecule has 0 aliphatic rings. The Kier molecular flexibility index (Phi) is 3.88. The zero-order valence-corrected chi connectivity index (χ0v) is 15.8. The van der Waals surface area contributed by atoms with Crippen molar-refractivity contribution >= 4 is 45.4 Å². The lowest BCUT2D eigenvalue weighted by molar-refractivity contribution is 0.783. The van der Waals surface area contributed by atoms with Gasteiger partial charge in [0.1, 0.15) is 5.52 Å². The predicted molar refractivity (Wildman–Crippen MR) is 106 cm³/mol. The Morgan fingerprint density at radius 1 is 1.00 bits per heavy atom. The zero-order valence-electron chi connectivity index (χ0n) is 14.2. The fourth-order valence-corrected chi connectivity index (χ4v) is 3.52. The molecule has 4 heterocycles. The van der Waals surface area contributed by atoms with E-state index in [2.05, 4.69) is 29.9 Å². The molecule has 4 aromatic heterocycles. The summed E-state index contributed by atoms with van der Waals surface area (Å²) in [5, 5.41) is 9.03. The first-order valence-electron chi connectivity index (χ1n) is 8.33. The molecule has 0 spiro atoms. The molecule has 3 N–H and O–H groups in total.